The highest BCUT2D eigenvalue weighted by Crippen LogP contribution is 2.24. The highest BCUT2D eigenvalue weighted by molar-refractivity contribution is 5.80. The second-order valence-corrected chi connectivity index (χ2v) is 8.66. The van der Waals surface area contributed by atoms with Crippen molar-refractivity contribution in [1.29, 1.82) is 0 Å². The summed E-state index contributed by atoms with van der Waals surface area (Å²) < 4.78 is 12.6. The van der Waals surface area contributed by atoms with Gasteiger partial charge in [-0.2, -0.15) is 0 Å². The topological polar surface area (TPSA) is 103 Å². The summed E-state index contributed by atoms with van der Waals surface area (Å²) >= 11 is 0. The molecule has 0 radical (unpaired) electrons. The van der Waals surface area contributed by atoms with Crippen LogP contribution in [0.15, 0.2) is 35.4 Å². The zero-order valence-electron chi connectivity index (χ0n) is 20.2. The van der Waals surface area contributed by atoms with Crippen LogP contribution >= 0.6 is 0 Å². The minimum atomic E-state index is -0.131. The molecule has 0 bridgehead atoms. The Morgan fingerprint density at radius 3 is 2.56 bits per heavy atom. The number of methoxy groups -OCH3 is 1. The lowest BCUT2D eigenvalue weighted by atomic mass is 9.91. The molecule has 0 amide bonds. The Kier molecular flexibility index (Phi) is 8.08. The van der Waals surface area contributed by atoms with Crippen LogP contribution < -0.4 is 20.9 Å². The van der Waals surface area contributed by atoms with E-state index >= 15 is 0 Å². The molecule has 0 atom stereocenters. The van der Waals surface area contributed by atoms with Crippen LogP contribution in [0, 0.1) is 0 Å². The molecule has 0 aliphatic heterocycles. The Morgan fingerprint density at radius 1 is 1.09 bits per heavy atom. The van der Waals surface area contributed by atoms with Gasteiger partial charge in [0.1, 0.15) is 5.52 Å². The predicted molar refractivity (Wildman–Crippen MR) is 133 cm³/mol. The van der Waals surface area contributed by atoms with E-state index < -0.39 is 0 Å². The molecule has 9 nitrogen and oxygen atoms in total. The Bertz CT molecular complexity index is 1140. The van der Waals surface area contributed by atoms with Crippen molar-refractivity contribution in [3.05, 3.63) is 40.9 Å². The molecule has 0 spiro atoms. The Hall–Kier alpha value is -3.04. The van der Waals surface area contributed by atoms with E-state index in [1.165, 1.54) is 0 Å². The fourth-order valence-electron chi connectivity index (χ4n) is 4.39. The number of hydrogen-bond acceptors (Lipinski definition) is 8. The van der Waals surface area contributed by atoms with Crippen LogP contribution in [0.25, 0.3) is 22.3 Å². The molecule has 3 aromatic rings. The summed E-state index contributed by atoms with van der Waals surface area (Å²) in [5, 5.41) is 6.77. The van der Waals surface area contributed by atoms with E-state index in [9.17, 15) is 4.79 Å². The number of nitrogens with zero attached hydrogens (tertiary/aromatic N) is 4. The molecule has 9 heteroatoms. The van der Waals surface area contributed by atoms with Crippen molar-refractivity contribution in [2.24, 2.45) is 0 Å². The van der Waals surface area contributed by atoms with Gasteiger partial charge in [-0.3, -0.25) is 9.78 Å². The van der Waals surface area contributed by atoms with E-state index in [4.69, 9.17) is 9.47 Å². The first-order valence-corrected chi connectivity index (χ1v) is 12.1. The van der Waals surface area contributed by atoms with Gasteiger partial charge in [0.05, 0.1) is 31.1 Å². The molecule has 2 N–H and O–H groups in total. The molecule has 4 rings (SSSR count). The molecule has 1 fully saturated rings. The third-order valence-electron chi connectivity index (χ3n) is 6.36. The number of pyridine rings is 2. The van der Waals surface area contributed by atoms with Crippen molar-refractivity contribution in [1.82, 2.24) is 24.8 Å². The van der Waals surface area contributed by atoms with Gasteiger partial charge < -0.3 is 24.7 Å². The molecule has 0 unspecified atom stereocenters. The van der Waals surface area contributed by atoms with Gasteiger partial charge in [-0.05, 0) is 51.3 Å². The average molecular weight is 467 g/mol. The van der Waals surface area contributed by atoms with Gasteiger partial charge >= 0.3 is 0 Å². The third kappa shape index (κ3) is 5.53. The first kappa shape index (κ1) is 24.1. The molecule has 1 aliphatic rings. The molecule has 182 valence electrons. The normalized spacial score (nSPS) is 18.2. The lowest BCUT2D eigenvalue weighted by molar-refractivity contribution is 0.127. The van der Waals surface area contributed by atoms with E-state index in [0.29, 0.717) is 43.0 Å². The second-order valence-electron chi connectivity index (χ2n) is 8.66. The van der Waals surface area contributed by atoms with Crippen molar-refractivity contribution in [2.45, 2.75) is 57.7 Å². The summed E-state index contributed by atoms with van der Waals surface area (Å²) in [5.74, 6) is 0.923. The fraction of sp³-hybridized carbons (Fsp3) is 0.520. The average Bonchev–Trinajstić information content (AvgIpc) is 2.88. The van der Waals surface area contributed by atoms with Crippen molar-refractivity contribution >= 4 is 16.9 Å². The smallest absolute Gasteiger partial charge is 0.293 e. The van der Waals surface area contributed by atoms with Crippen LogP contribution in [0.2, 0.25) is 0 Å². The lowest BCUT2D eigenvalue weighted by Crippen LogP contribution is -2.37. The number of hydrogen-bond donors (Lipinski definition) is 2. The summed E-state index contributed by atoms with van der Waals surface area (Å²) in [7, 11) is 3.59. The Balaban J connectivity index is 1.67. The summed E-state index contributed by atoms with van der Waals surface area (Å²) in [4.78, 5) is 27.0. The van der Waals surface area contributed by atoms with Crippen LogP contribution in [-0.4, -0.2) is 59.0 Å². The van der Waals surface area contributed by atoms with Gasteiger partial charge in [0.25, 0.3) is 5.56 Å². The zero-order valence-corrected chi connectivity index (χ0v) is 20.2. The number of ether oxygens (including phenoxy) is 2. The monoisotopic (exact) mass is 466 g/mol. The number of fused-ring (bicyclic) bond motifs is 1. The molecule has 34 heavy (non-hydrogen) atoms. The molecular formula is C25H34N6O3. The summed E-state index contributed by atoms with van der Waals surface area (Å²) in [6, 6.07) is 6.38. The van der Waals surface area contributed by atoms with Gasteiger partial charge in [0.2, 0.25) is 5.88 Å². The molecule has 3 heterocycles. The van der Waals surface area contributed by atoms with Gasteiger partial charge in [-0.1, -0.05) is 6.92 Å². The van der Waals surface area contributed by atoms with E-state index in [1.54, 1.807) is 30.1 Å². The largest absolute Gasteiger partial charge is 0.481 e. The van der Waals surface area contributed by atoms with E-state index in [-0.39, 0.29) is 11.6 Å². The standard InChI is InChI=1S/C25H34N6O3/c1-4-12-34-13-11-31-22-14-20(17-5-10-23(33-3)28-15-17)27-16-21(22)30-24(25(31)32)29-19-8-6-18(26-2)7-9-19/h5,10,14-16,18-19,26H,4,6-9,11-13H2,1-3H3,(H,29,30). The minimum absolute atomic E-state index is 0.131. The quantitative estimate of drug-likeness (QED) is 0.439. The number of aromatic nitrogens is 4. The molecule has 0 aromatic carbocycles. The van der Waals surface area contributed by atoms with Crippen molar-refractivity contribution in [3.63, 3.8) is 0 Å². The number of anilines is 1. The fourth-order valence-corrected chi connectivity index (χ4v) is 4.39. The lowest BCUT2D eigenvalue weighted by Gasteiger charge is -2.29. The highest BCUT2D eigenvalue weighted by atomic mass is 16.5. The van der Waals surface area contributed by atoms with E-state index in [2.05, 4.69) is 32.5 Å². The maximum absolute atomic E-state index is 13.5. The maximum atomic E-state index is 13.5. The van der Waals surface area contributed by atoms with Gasteiger partial charge in [0.15, 0.2) is 5.82 Å². The minimum Gasteiger partial charge on any atom is -0.481 e. The van der Waals surface area contributed by atoms with Crippen molar-refractivity contribution < 1.29 is 9.47 Å². The third-order valence-corrected chi connectivity index (χ3v) is 6.36. The van der Waals surface area contributed by atoms with Crippen LogP contribution in [0.3, 0.4) is 0 Å². The van der Waals surface area contributed by atoms with Crippen LogP contribution in [-0.2, 0) is 11.3 Å². The summed E-state index contributed by atoms with van der Waals surface area (Å²) in [5.41, 5.74) is 2.83. The first-order chi connectivity index (χ1) is 16.6. The van der Waals surface area contributed by atoms with Crippen LogP contribution in [0.5, 0.6) is 5.88 Å². The maximum Gasteiger partial charge on any atom is 0.293 e. The Morgan fingerprint density at radius 2 is 1.88 bits per heavy atom. The zero-order chi connectivity index (χ0) is 23.9. The van der Waals surface area contributed by atoms with Crippen molar-refractivity contribution in [3.8, 4) is 17.1 Å². The Labute approximate surface area is 199 Å². The molecule has 0 saturated heterocycles. The van der Waals surface area contributed by atoms with Crippen LogP contribution in [0.4, 0.5) is 5.82 Å². The van der Waals surface area contributed by atoms with Crippen molar-refractivity contribution in [2.75, 3.05) is 32.7 Å². The van der Waals surface area contributed by atoms with Gasteiger partial charge in [-0.15, -0.1) is 0 Å². The van der Waals surface area contributed by atoms with Gasteiger partial charge in [-0.25, -0.2) is 9.97 Å². The number of rotatable bonds is 10. The second kappa shape index (κ2) is 11.4. The first-order valence-electron chi connectivity index (χ1n) is 12.1. The summed E-state index contributed by atoms with van der Waals surface area (Å²) in [6.07, 6.45) is 8.55. The number of nitrogens with one attached hydrogen (secondary N) is 2. The SMILES string of the molecule is CCCOCCn1c(=O)c(NC2CCC(NC)CC2)nc2cnc(-c3ccc(OC)nc3)cc21. The van der Waals surface area contributed by atoms with E-state index in [0.717, 1.165) is 48.9 Å². The van der Waals surface area contributed by atoms with Gasteiger partial charge in [0, 0.05) is 43.1 Å². The molecule has 3 aromatic heterocycles. The molecule has 1 aliphatic carbocycles. The predicted octanol–water partition coefficient (Wildman–Crippen LogP) is 3.23. The summed E-state index contributed by atoms with van der Waals surface area (Å²) in [6.45, 7) is 3.65. The molecule has 1 saturated carbocycles. The highest BCUT2D eigenvalue weighted by Gasteiger charge is 2.22. The molecular weight excluding hydrogens is 432 g/mol. The van der Waals surface area contributed by atoms with Crippen LogP contribution in [0.1, 0.15) is 39.0 Å². The van der Waals surface area contributed by atoms with E-state index in [1.807, 2.05) is 19.2 Å².